The standard InChI is InChI=1S/C21H22ClN3OS/c22-15-11-12-17-18(13-15)25-21(24-17)27-19(14-7-3-1-4-8-14)20(26)23-16-9-5-2-6-10-16/h1,3-4,7-8,11-13,16,19H,2,5-6,9-10H2,(H,23,26)(H,24,25)/t19-/m0/s1. The van der Waals surface area contributed by atoms with Crippen LogP contribution < -0.4 is 5.32 Å². The summed E-state index contributed by atoms with van der Waals surface area (Å²) in [5.41, 5.74) is 2.71. The zero-order chi connectivity index (χ0) is 18.6. The lowest BCUT2D eigenvalue weighted by molar-refractivity contribution is -0.121. The normalized spacial score (nSPS) is 16.3. The van der Waals surface area contributed by atoms with Gasteiger partial charge < -0.3 is 10.3 Å². The number of carbonyl (C=O) groups excluding carboxylic acids is 1. The Balaban J connectivity index is 1.57. The smallest absolute Gasteiger partial charge is 0.238 e. The number of nitrogens with zero attached hydrogens (tertiary/aromatic N) is 1. The highest BCUT2D eigenvalue weighted by molar-refractivity contribution is 8.00. The molecule has 6 heteroatoms. The Morgan fingerprint density at radius 3 is 2.70 bits per heavy atom. The number of benzene rings is 2. The number of thioether (sulfide) groups is 1. The zero-order valence-corrected chi connectivity index (χ0v) is 16.5. The van der Waals surface area contributed by atoms with Crippen molar-refractivity contribution in [3.8, 4) is 0 Å². The third-order valence-corrected chi connectivity index (χ3v) is 6.32. The molecule has 2 N–H and O–H groups in total. The minimum absolute atomic E-state index is 0.0524. The minimum atomic E-state index is -0.343. The van der Waals surface area contributed by atoms with Gasteiger partial charge in [-0.25, -0.2) is 4.98 Å². The van der Waals surface area contributed by atoms with Crippen molar-refractivity contribution in [2.75, 3.05) is 0 Å². The minimum Gasteiger partial charge on any atom is -0.352 e. The molecule has 1 saturated carbocycles. The molecule has 2 aromatic carbocycles. The molecular formula is C21H22ClN3OS. The van der Waals surface area contributed by atoms with Gasteiger partial charge in [0, 0.05) is 11.1 Å². The van der Waals surface area contributed by atoms with E-state index in [-0.39, 0.29) is 17.2 Å². The molecule has 1 aliphatic rings. The lowest BCUT2D eigenvalue weighted by Gasteiger charge is -2.25. The van der Waals surface area contributed by atoms with Crippen LogP contribution >= 0.6 is 23.4 Å². The molecule has 3 aromatic rings. The molecule has 1 amide bonds. The molecule has 1 fully saturated rings. The summed E-state index contributed by atoms with van der Waals surface area (Å²) >= 11 is 7.52. The third-order valence-electron chi connectivity index (χ3n) is 4.94. The molecule has 0 bridgehead atoms. The summed E-state index contributed by atoms with van der Waals surface area (Å²) in [5.74, 6) is 0.0524. The topological polar surface area (TPSA) is 57.8 Å². The van der Waals surface area contributed by atoms with Gasteiger partial charge in [0.1, 0.15) is 5.25 Å². The van der Waals surface area contributed by atoms with Gasteiger partial charge in [-0.1, -0.05) is 73.0 Å². The number of carbonyl (C=O) groups is 1. The maximum Gasteiger partial charge on any atom is 0.238 e. The van der Waals surface area contributed by atoms with Crippen molar-refractivity contribution < 1.29 is 4.79 Å². The maximum absolute atomic E-state index is 13.1. The monoisotopic (exact) mass is 399 g/mol. The highest BCUT2D eigenvalue weighted by Gasteiger charge is 2.26. The van der Waals surface area contributed by atoms with Crippen LogP contribution in [0, 0.1) is 0 Å². The number of aromatic nitrogens is 2. The molecule has 0 spiro atoms. The van der Waals surface area contributed by atoms with Crippen LogP contribution in [-0.2, 0) is 4.79 Å². The maximum atomic E-state index is 13.1. The van der Waals surface area contributed by atoms with E-state index in [0.29, 0.717) is 5.02 Å². The molecule has 1 atom stereocenters. The summed E-state index contributed by atoms with van der Waals surface area (Å²) in [6.07, 6.45) is 5.80. The lowest BCUT2D eigenvalue weighted by Crippen LogP contribution is -2.38. The summed E-state index contributed by atoms with van der Waals surface area (Å²) in [7, 11) is 0. The van der Waals surface area contributed by atoms with Gasteiger partial charge in [-0.2, -0.15) is 0 Å². The van der Waals surface area contributed by atoms with Crippen molar-refractivity contribution >= 4 is 40.3 Å². The molecule has 0 saturated heterocycles. The Morgan fingerprint density at radius 2 is 1.93 bits per heavy atom. The van der Waals surface area contributed by atoms with Crippen LogP contribution in [-0.4, -0.2) is 21.9 Å². The van der Waals surface area contributed by atoms with Crippen molar-refractivity contribution in [1.29, 1.82) is 0 Å². The number of hydrogen-bond acceptors (Lipinski definition) is 3. The van der Waals surface area contributed by atoms with Crippen molar-refractivity contribution in [1.82, 2.24) is 15.3 Å². The van der Waals surface area contributed by atoms with Crippen molar-refractivity contribution in [2.24, 2.45) is 0 Å². The average molecular weight is 400 g/mol. The summed E-state index contributed by atoms with van der Waals surface area (Å²) in [5, 5.41) is 4.30. The largest absolute Gasteiger partial charge is 0.352 e. The van der Waals surface area contributed by atoms with Gasteiger partial charge in [-0.05, 0) is 36.6 Å². The van der Waals surface area contributed by atoms with Crippen LogP contribution in [0.15, 0.2) is 53.7 Å². The van der Waals surface area contributed by atoms with E-state index in [0.717, 1.165) is 34.6 Å². The molecule has 0 radical (unpaired) electrons. The van der Waals surface area contributed by atoms with Crippen LogP contribution in [0.4, 0.5) is 0 Å². The van der Waals surface area contributed by atoms with Gasteiger partial charge in [0.25, 0.3) is 0 Å². The van der Waals surface area contributed by atoms with Gasteiger partial charge in [0.05, 0.1) is 11.0 Å². The van der Waals surface area contributed by atoms with Gasteiger partial charge in [0.15, 0.2) is 5.16 Å². The van der Waals surface area contributed by atoms with Crippen LogP contribution in [0.1, 0.15) is 42.9 Å². The Labute approximate surface area is 168 Å². The second kappa shape index (κ2) is 8.36. The Bertz CT molecular complexity index is 922. The van der Waals surface area contributed by atoms with E-state index in [9.17, 15) is 4.79 Å². The van der Waals surface area contributed by atoms with E-state index < -0.39 is 0 Å². The molecule has 4 rings (SSSR count). The van der Waals surface area contributed by atoms with Gasteiger partial charge in [-0.3, -0.25) is 4.79 Å². The van der Waals surface area contributed by atoms with Gasteiger partial charge in [0.2, 0.25) is 5.91 Å². The van der Waals surface area contributed by atoms with E-state index >= 15 is 0 Å². The molecule has 1 aliphatic carbocycles. The second-order valence-electron chi connectivity index (χ2n) is 6.96. The number of hydrogen-bond donors (Lipinski definition) is 2. The summed E-state index contributed by atoms with van der Waals surface area (Å²) < 4.78 is 0. The number of halogens is 1. The first-order chi connectivity index (χ1) is 13.2. The predicted molar refractivity (Wildman–Crippen MR) is 111 cm³/mol. The van der Waals surface area contributed by atoms with Gasteiger partial charge >= 0.3 is 0 Å². The van der Waals surface area contributed by atoms with Crippen LogP contribution in [0.5, 0.6) is 0 Å². The quantitative estimate of drug-likeness (QED) is 0.557. The van der Waals surface area contributed by atoms with Crippen LogP contribution in [0.25, 0.3) is 11.0 Å². The molecule has 1 heterocycles. The molecule has 140 valence electrons. The first-order valence-corrected chi connectivity index (χ1v) is 10.6. The van der Waals surface area contributed by atoms with Crippen molar-refractivity contribution in [2.45, 2.75) is 48.6 Å². The van der Waals surface area contributed by atoms with Crippen LogP contribution in [0.3, 0.4) is 0 Å². The number of nitrogens with one attached hydrogen (secondary N) is 2. The number of H-pyrrole nitrogens is 1. The SMILES string of the molecule is O=C(NC1CCCCC1)[C@@H](Sc1nc2ccc(Cl)cc2[nH]1)c1ccccc1. The number of imidazole rings is 1. The molecule has 0 unspecified atom stereocenters. The number of aromatic amines is 1. The van der Waals surface area contributed by atoms with Crippen molar-refractivity contribution in [3.63, 3.8) is 0 Å². The number of rotatable bonds is 5. The highest BCUT2D eigenvalue weighted by atomic mass is 35.5. The zero-order valence-electron chi connectivity index (χ0n) is 15.0. The fourth-order valence-corrected chi connectivity index (χ4v) is 4.73. The summed E-state index contributed by atoms with van der Waals surface area (Å²) in [6.45, 7) is 0. The summed E-state index contributed by atoms with van der Waals surface area (Å²) in [4.78, 5) is 21.0. The molecule has 0 aliphatic heterocycles. The van der Waals surface area contributed by atoms with Gasteiger partial charge in [-0.15, -0.1) is 0 Å². The fourth-order valence-electron chi connectivity index (χ4n) is 3.55. The average Bonchev–Trinajstić information content (AvgIpc) is 3.09. The van der Waals surface area contributed by atoms with E-state index in [2.05, 4.69) is 15.3 Å². The molecule has 4 nitrogen and oxygen atoms in total. The number of fused-ring (bicyclic) bond motifs is 1. The van der Waals surface area contributed by atoms with E-state index in [4.69, 9.17) is 11.6 Å². The van der Waals surface area contributed by atoms with Crippen LogP contribution in [0.2, 0.25) is 5.02 Å². The predicted octanol–water partition coefficient (Wildman–Crippen LogP) is 5.50. The van der Waals surface area contributed by atoms with Crippen molar-refractivity contribution in [3.05, 3.63) is 59.1 Å². The van der Waals surface area contributed by atoms with E-state index in [1.165, 1.54) is 31.0 Å². The third kappa shape index (κ3) is 4.47. The molecular weight excluding hydrogens is 378 g/mol. The highest BCUT2D eigenvalue weighted by Crippen LogP contribution is 2.35. The summed E-state index contributed by atoms with van der Waals surface area (Å²) in [6, 6.07) is 15.7. The Hall–Kier alpha value is -1.98. The number of amides is 1. The Kier molecular flexibility index (Phi) is 5.69. The second-order valence-corrected chi connectivity index (χ2v) is 8.49. The molecule has 1 aromatic heterocycles. The first-order valence-electron chi connectivity index (χ1n) is 9.36. The van der Waals surface area contributed by atoms with E-state index in [1.807, 2.05) is 48.5 Å². The fraction of sp³-hybridized carbons (Fsp3) is 0.333. The first kappa shape index (κ1) is 18.4. The van der Waals surface area contributed by atoms with E-state index in [1.54, 1.807) is 0 Å². The molecule has 27 heavy (non-hydrogen) atoms. The Morgan fingerprint density at radius 1 is 1.15 bits per heavy atom. The lowest BCUT2D eigenvalue weighted by atomic mass is 9.95.